The molecule has 1 aromatic carbocycles. The van der Waals surface area contributed by atoms with Crippen molar-refractivity contribution in [3.05, 3.63) is 50.9 Å². The molecule has 1 heterocycles. The lowest BCUT2D eigenvalue weighted by atomic mass is 10.0. The Kier molecular flexibility index (Phi) is 4.00. The standard InChI is InChI=1S/C13H16INO3Si/c1-19(2,3)13-12(14)10-7-5-4-6-9(10)11(18-13)8-15(16)17/h4-7,11H,8H2,1-3H3. The van der Waals surface area contributed by atoms with Crippen molar-refractivity contribution in [1.29, 1.82) is 0 Å². The third-order valence-electron chi connectivity index (χ3n) is 3.00. The summed E-state index contributed by atoms with van der Waals surface area (Å²) in [5.74, 6) is 0. The Labute approximate surface area is 127 Å². The van der Waals surface area contributed by atoms with Gasteiger partial charge in [0.1, 0.15) is 8.07 Å². The molecule has 0 saturated heterocycles. The molecule has 0 N–H and O–H groups in total. The summed E-state index contributed by atoms with van der Waals surface area (Å²) in [6, 6.07) is 7.81. The van der Waals surface area contributed by atoms with E-state index in [0.717, 1.165) is 20.1 Å². The highest BCUT2D eigenvalue weighted by Gasteiger charge is 2.35. The summed E-state index contributed by atoms with van der Waals surface area (Å²) in [6.07, 6.45) is -0.466. The van der Waals surface area contributed by atoms with Crippen LogP contribution in [-0.2, 0) is 4.74 Å². The summed E-state index contributed by atoms with van der Waals surface area (Å²) in [7, 11) is -1.65. The van der Waals surface area contributed by atoms with Gasteiger partial charge in [0.05, 0.1) is 8.96 Å². The smallest absolute Gasteiger partial charge is 0.244 e. The van der Waals surface area contributed by atoms with E-state index < -0.39 is 14.2 Å². The predicted molar refractivity (Wildman–Crippen MR) is 86.4 cm³/mol. The summed E-state index contributed by atoms with van der Waals surface area (Å²) >= 11 is 2.30. The van der Waals surface area contributed by atoms with E-state index in [1.54, 1.807) is 0 Å². The monoisotopic (exact) mass is 389 g/mol. The fourth-order valence-corrected chi connectivity index (χ4v) is 6.47. The number of benzene rings is 1. The van der Waals surface area contributed by atoms with Crippen LogP contribution < -0.4 is 0 Å². The van der Waals surface area contributed by atoms with Crippen LogP contribution in [0.1, 0.15) is 17.2 Å². The van der Waals surface area contributed by atoms with Crippen LogP contribution >= 0.6 is 22.6 Å². The Morgan fingerprint density at radius 3 is 2.58 bits per heavy atom. The number of hydrogen-bond donors (Lipinski definition) is 0. The van der Waals surface area contributed by atoms with E-state index in [2.05, 4.69) is 42.2 Å². The van der Waals surface area contributed by atoms with Crippen LogP contribution in [0.15, 0.2) is 29.6 Å². The highest BCUT2D eigenvalue weighted by atomic mass is 127. The first-order valence-corrected chi connectivity index (χ1v) is 10.7. The van der Waals surface area contributed by atoms with E-state index >= 15 is 0 Å². The highest BCUT2D eigenvalue weighted by Crippen LogP contribution is 2.42. The first kappa shape index (κ1) is 14.5. The van der Waals surface area contributed by atoms with Crippen LogP contribution in [0, 0.1) is 10.1 Å². The van der Waals surface area contributed by atoms with Crippen molar-refractivity contribution in [2.75, 3.05) is 6.54 Å². The van der Waals surface area contributed by atoms with E-state index in [4.69, 9.17) is 4.74 Å². The van der Waals surface area contributed by atoms with Gasteiger partial charge in [-0.1, -0.05) is 43.9 Å². The maximum absolute atomic E-state index is 10.8. The number of nitrogens with zero attached hydrogens (tertiary/aromatic N) is 1. The zero-order valence-electron chi connectivity index (χ0n) is 11.1. The van der Waals surface area contributed by atoms with E-state index in [-0.39, 0.29) is 11.5 Å². The van der Waals surface area contributed by atoms with Gasteiger partial charge in [-0.05, 0) is 28.2 Å². The Morgan fingerprint density at radius 2 is 2.00 bits per heavy atom. The third-order valence-corrected chi connectivity index (χ3v) is 6.31. The van der Waals surface area contributed by atoms with Crippen LogP contribution in [0.3, 0.4) is 0 Å². The number of fused-ring (bicyclic) bond motifs is 1. The fourth-order valence-electron chi connectivity index (χ4n) is 2.13. The Hall–Kier alpha value is -0.893. The highest BCUT2D eigenvalue weighted by molar-refractivity contribution is 14.1. The molecule has 0 fully saturated rings. The molecule has 0 bridgehead atoms. The molecule has 0 amide bonds. The molecule has 0 spiro atoms. The molecule has 19 heavy (non-hydrogen) atoms. The molecule has 0 saturated carbocycles. The Bertz CT molecular complexity index is 551. The fraction of sp³-hybridized carbons (Fsp3) is 0.385. The quantitative estimate of drug-likeness (QED) is 0.340. The summed E-state index contributed by atoms with van der Waals surface area (Å²) in [5, 5.41) is 11.8. The topological polar surface area (TPSA) is 52.4 Å². The van der Waals surface area contributed by atoms with Crippen LogP contribution in [0.4, 0.5) is 0 Å². The zero-order valence-corrected chi connectivity index (χ0v) is 14.3. The van der Waals surface area contributed by atoms with E-state index in [9.17, 15) is 10.1 Å². The number of hydrogen-bond acceptors (Lipinski definition) is 3. The van der Waals surface area contributed by atoms with Crippen LogP contribution in [-0.4, -0.2) is 19.5 Å². The first-order valence-electron chi connectivity index (χ1n) is 6.08. The van der Waals surface area contributed by atoms with Gasteiger partial charge in [-0.2, -0.15) is 0 Å². The molecule has 2 rings (SSSR count). The molecular formula is C13H16INO3Si. The molecule has 0 aliphatic carbocycles. The van der Waals surface area contributed by atoms with E-state index in [1.165, 1.54) is 0 Å². The minimum atomic E-state index is -1.65. The lowest BCUT2D eigenvalue weighted by Crippen LogP contribution is -2.32. The molecule has 1 aromatic rings. The van der Waals surface area contributed by atoms with Crippen molar-refractivity contribution in [2.24, 2.45) is 0 Å². The average Bonchev–Trinajstić information content (AvgIpc) is 2.31. The van der Waals surface area contributed by atoms with Crippen molar-refractivity contribution in [2.45, 2.75) is 25.7 Å². The molecule has 4 nitrogen and oxygen atoms in total. The summed E-state index contributed by atoms with van der Waals surface area (Å²) in [4.78, 5) is 10.5. The van der Waals surface area contributed by atoms with E-state index in [1.807, 2.05) is 24.3 Å². The van der Waals surface area contributed by atoms with E-state index in [0.29, 0.717) is 0 Å². The number of rotatable bonds is 3. The molecule has 1 aliphatic rings. The normalized spacial score (nSPS) is 18.8. The van der Waals surface area contributed by atoms with Gasteiger partial charge in [-0.3, -0.25) is 10.1 Å². The van der Waals surface area contributed by atoms with Gasteiger partial charge >= 0.3 is 0 Å². The van der Waals surface area contributed by atoms with Gasteiger partial charge in [-0.25, -0.2) is 0 Å². The molecule has 1 aliphatic heterocycles. The second-order valence-electron chi connectivity index (χ2n) is 5.60. The second kappa shape index (κ2) is 5.24. The second-order valence-corrected chi connectivity index (χ2v) is 11.6. The lowest BCUT2D eigenvalue weighted by molar-refractivity contribution is -0.491. The first-order chi connectivity index (χ1) is 8.80. The Morgan fingerprint density at radius 1 is 1.37 bits per heavy atom. The minimum absolute atomic E-state index is 0.186. The third kappa shape index (κ3) is 2.99. The van der Waals surface area contributed by atoms with Crippen LogP contribution in [0.2, 0.25) is 19.6 Å². The average molecular weight is 389 g/mol. The van der Waals surface area contributed by atoms with Gasteiger partial charge < -0.3 is 4.74 Å². The van der Waals surface area contributed by atoms with Gasteiger partial charge in [-0.15, -0.1) is 0 Å². The summed E-state index contributed by atoms with van der Waals surface area (Å²) < 4.78 is 7.10. The molecular weight excluding hydrogens is 373 g/mol. The van der Waals surface area contributed by atoms with Crippen molar-refractivity contribution < 1.29 is 9.66 Å². The summed E-state index contributed by atoms with van der Waals surface area (Å²) in [5.41, 5.74) is 2.00. The lowest BCUT2D eigenvalue weighted by Gasteiger charge is -2.32. The Balaban J connectivity index is 2.54. The summed E-state index contributed by atoms with van der Waals surface area (Å²) in [6.45, 7) is 6.39. The molecule has 1 atom stereocenters. The number of ether oxygens (including phenoxy) is 1. The van der Waals surface area contributed by atoms with Crippen LogP contribution in [0.25, 0.3) is 3.58 Å². The van der Waals surface area contributed by atoms with Gasteiger partial charge in [0.25, 0.3) is 0 Å². The maximum Gasteiger partial charge on any atom is 0.244 e. The largest absolute Gasteiger partial charge is 0.487 e. The number of nitro groups is 1. The van der Waals surface area contributed by atoms with Crippen molar-refractivity contribution in [3.8, 4) is 0 Å². The SMILES string of the molecule is C[Si](C)(C)C1=C(I)c2ccccc2C(C[N+](=O)[O-])O1. The molecule has 102 valence electrons. The van der Waals surface area contributed by atoms with Gasteiger partial charge in [0.2, 0.25) is 6.54 Å². The van der Waals surface area contributed by atoms with Gasteiger partial charge in [0.15, 0.2) is 6.10 Å². The minimum Gasteiger partial charge on any atom is -0.487 e. The van der Waals surface area contributed by atoms with Crippen molar-refractivity contribution in [3.63, 3.8) is 0 Å². The zero-order chi connectivity index (χ0) is 14.2. The maximum atomic E-state index is 10.8. The molecule has 6 heteroatoms. The molecule has 0 radical (unpaired) electrons. The molecule has 0 aromatic heterocycles. The van der Waals surface area contributed by atoms with Gasteiger partial charge in [0, 0.05) is 10.5 Å². The van der Waals surface area contributed by atoms with Crippen molar-refractivity contribution >= 4 is 34.2 Å². The predicted octanol–water partition coefficient (Wildman–Crippen LogP) is 4.02. The van der Waals surface area contributed by atoms with Crippen LogP contribution in [0.5, 0.6) is 0 Å². The molecule has 1 unspecified atom stereocenters. The number of halogens is 1. The van der Waals surface area contributed by atoms with Crippen molar-refractivity contribution in [1.82, 2.24) is 0 Å².